The van der Waals surface area contributed by atoms with Gasteiger partial charge in [0.1, 0.15) is 0 Å². The Morgan fingerprint density at radius 1 is 1.44 bits per heavy atom. The van der Waals surface area contributed by atoms with Crippen LogP contribution < -0.4 is 5.32 Å². The molecule has 0 fully saturated rings. The molecule has 1 N–H and O–H groups in total. The number of unbranched alkanes of at least 4 members (excludes halogenated alkanes) is 1. The van der Waals surface area contributed by atoms with Crippen molar-refractivity contribution in [3.63, 3.8) is 0 Å². The second-order valence-corrected chi connectivity index (χ2v) is 5.29. The predicted molar refractivity (Wildman–Crippen MR) is 79.7 cm³/mol. The molecule has 1 aromatic carbocycles. The van der Waals surface area contributed by atoms with Gasteiger partial charge >= 0.3 is 0 Å². The van der Waals surface area contributed by atoms with Crippen molar-refractivity contribution in [1.29, 1.82) is 0 Å². The SMILES string of the molecule is CCCCNc1nccn1-c1cc(Cl)ccc1Br. The normalized spacial score (nSPS) is 10.6. The first-order valence-corrected chi connectivity index (χ1v) is 7.12. The molecule has 18 heavy (non-hydrogen) atoms. The largest absolute Gasteiger partial charge is 0.355 e. The van der Waals surface area contributed by atoms with E-state index >= 15 is 0 Å². The summed E-state index contributed by atoms with van der Waals surface area (Å²) in [5.41, 5.74) is 0.985. The first kappa shape index (κ1) is 13.4. The molecule has 1 heterocycles. The number of hydrogen-bond acceptors (Lipinski definition) is 2. The third-order valence-corrected chi connectivity index (χ3v) is 3.53. The third kappa shape index (κ3) is 3.06. The van der Waals surface area contributed by atoms with Crippen LogP contribution in [0.15, 0.2) is 35.1 Å². The van der Waals surface area contributed by atoms with Gasteiger partial charge in [0.05, 0.1) is 5.69 Å². The molecule has 0 atom stereocenters. The summed E-state index contributed by atoms with van der Waals surface area (Å²) in [6.45, 7) is 3.09. The Labute approximate surface area is 120 Å². The van der Waals surface area contributed by atoms with E-state index in [1.165, 1.54) is 0 Å². The van der Waals surface area contributed by atoms with Gasteiger partial charge < -0.3 is 5.32 Å². The van der Waals surface area contributed by atoms with Crippen LogP contribution in [0.1, 0.15) is 19.8 Å². The lowest BCUT2D eigenvalue weighted by Crippen LogP contribution is -2.07. The topological polar surface area (TPSA) is 29.9 Å². The molecule has 0 bridgehead atoms. The Bertz CT molecular complexity index is 525. The van der Waals surface area contributed by atoms with E-state index in [0.717, 1.165) is 35.5 Å². The fraction of sp³-hybridized carbons (Fsp3) is 0.308. The van der Waals surface area contributed by atoms with E-state index < -0.39 is 0 Å². The lowest BCUT2D eigenvalue weighted by Gasteiger charge is -2.11. The number of halogens is 2. The first-order valence-electron chi connectivity index (χ1n) is 5.95. The second kappa shape index (κ2) is 6.25. The highest BCUT2D eigenvalue weighted by Gasteiger charge is 2.08. The molecular formula is C13H15BrClN3. The molecule has 0 saturated heterocycles. The molecule has 0 amide bonds. The minimum atomic E-state index is 0.710. The summed E-state index contributed by atoms with van der Waals surface area (Å²) < 4.78 is 2.98. The van der Waals surface area contributed by atoms with Crippen LogP contribution in [-0.4, -0.2) is 16.1 Å². The highest BCUT2D eigenvalue weighted by molar-refractivity contribution is 9.10. The van der Waals surface area contributed by atoms with Crippen LogP contribution in [0.2, 0.25) is 5.02 Å². The Morgan fingerprint density at radius 3 is 3.06 bits per heavy atom. The van der Waals surface area contributed by atoms with Gasteiger partial charge in [-0.2, -0.15) is 0 Å². The quantitative estimate of drug-likeness (QED) is 0.819. The maximum Gasteiger partial charge on any atom is 0.207 e. The van der Waals surface area contributed by atoms with Crippen molar-refractivity contribution < 1.29 is 0 Å². The van der Waals surface area contributed by atoms with Gasteiger partial charge in [0.2, 0.25) is 5.95 Å². The number of aromatic nitrogens is 2. The van der Waals surface area contributed by atoms with E-state index in [-0.39, 0.29) is 0 Å². The highest BCUT2D eigenvalue weighted by atomic mass is 79.9. The standard InChI is InChI=1S/C13H15BrClN3/c1-2-3-6-16-13-17-7-8-18(13)12-9-10(15)4-5-11(12)14/h4-5,7-9H,2-3,6H2,1H3,(H,16,17). The number of nitrogens with zero attached hydrogens (tertiary/aromatic N) is 2. The van der Waals surface area contributed by atoms with Crippen LogP contribution in [0.4, 0.5) is 5.95 Å². The maximum atomic E-state index is 6.04. The van der Waals surface area contributed by atoms with Gasteiger partial charge in [-0.1, -0.05) is 24.9 Å². The number of hydrogen-bond donors (Lipinski definition) is 1. The summed E-state index contributed by atoms with van der Waals surface area (Å²) in [6, 6.07) is 5.71. The molecule has 0 saturated carbocycles. The number of rotatable bonds is 5. The molecule has 0 spiro atoms. The fourth-order valence-electron chi connectivity index (χ4n) is 1.68. The first-order chi connectivity index (χ1) is 8.72. The van der Waals surface area contributed by atoms with Crippen molar-refractivity contribution in [3.8, 4) is 5.69 Å². The van der Waals surface area contributed by atoms with Crippen molar-refractivity contribution >= 4 is 33.5 Å². The lowest BCUT2D eigenvalue weighted by molar-refractivity contribution is 0.823. The van der Waals surface area contributed by atoms with Gasteiger partial charge in [-0.05, 0) is 40.5 Å². The number of benzene rings is 1. The molecule has 0 aliphatic heterocycles. The molecule has 0 aliphatic rings. The average molecular weight is 329 g/mol. The second-order valence-electron chi connectivity index (χ2n) is 4.00. The zero-order chi connectivity index (χ0) is 13.0. The van der Waals surface area contributed by atoms with E-state index in [1.807, 2.05) is 29.0 Å². The Morgan fingerprint density at radius 2 is 2.28 bits per heavy atom. The van der Waals surface area contributed by atoms with E-state index in [2.05, 4.69) is 33.2 Å². The van der Waals surface area contributed by atoms with Gasteiger partial charge in [0.25, 0.3) is 0 Å². The van der Waals surface area contributed by atoms with Crippen molar-refractivity contribution in [3.05, 3.63) is 40.1 Å². The van der Waals surface area contributed by atoms with Crippen LogP contribution in [-0.2, 0) is 0 Å². The lowest BCUT2D eigenvalue weighted by atomic mass is 10.3. The minimum absolute atomic E-state index is 0.710. The molecule has 5 heteroatoms. The van der Waals surface area contributed by atoms with Gasteiger partial charge in [-0.3, -0.25) is 4.57 Å². The van der Waals surface area contributed by atoms with Crippen LogP contribution in [0.5, 0.6) is 0 Å². The zero-order valence-corrected chi connectivity index (χ0v) is 12.5. The molecule has 2 aromatic rings. The summed E-state index contributed by atoms with van der Waals surface area (Å²) >= 11 is 9.57. The van der Waals surface area contributed by atoms with Crippen LogP contribution in [0.25, 0.3) is 5.69 Å². The highest BCUT2D eigenvalue weighted by Crippen LogP contribution is 2.26. The van der Waals surface area contributed by atoms with E-state index in [1.54, 1.807) is 6.20 Å². The van der Waals surface area contributed by atoms with Crippen LogP contribution in [0, 0.1) is 0 Å². The van der Waals surface area contributed by atoms with Crippen molar-refractivity contribution in [2.45, 2.75) is 19.8 Å². The molecule has 1 aromatic heterocycles. The minimum Gasteiger partial charge on any atom is -0.355 e. The monoisotopic (exact) mass is 327 g/mol. The molecule has 0 unspecified atom stereocenters. The van der Waals surface area contributed by atoms with Crippen molar-refractivity contribution in [1.82, 2.24) is 9.55 Å². The van der Waals surface area contributed by atoms with Crippen LogP contribution in [0.3, 0.4) is 0 Å². The number of imidazole rings is 1. The smallest absolute Gasteiger partial charge is 0.207 e. The molecule has 0 radical (unpaired) electrons. The molecular weight excluding hydrogens is 314 g/mol. The van der Waals surface area contributed by atoms with Gasteiger partial charge in [0, 0.05) is 28.4 Å². The molecule has 0 aliphatic carbocycles. The van der Waals surface area contributed by atoms with E-state index in [9.17, 15) is 0 Å². The van der Waals surface area contributed by atoms with Gasteiger partial charge in [-0.15, -0.1) is 0 Å². The average Bonchev–Trinajstić information content (AvgIpc) is 2.81. The van der Waals surface area contributed by atoms with Gasteiger partial charge in [-0.25, -0.2) is 4.98 Å². The Kier molecular flexibility index (Phi) is 4.66. The third-order valence-electron chi connectivity index (χ3n) is 2.62. The van der Waals surface area contributed by atoms with E-state index in [4.69, 9.17) is 11.6 Å². The van der Waals surface area contributed by atoms with Crippen LogP contribution >= 0.6 is 27.5 Å². The summed E-state index contributed by atoms with van der Waals surface area (Å²) in [6.07, 6.45) is 5.99. The summed E-state index contributed by atoms with van der Waals surface area (Å²) in [5, 5.41) is 4.04. The Balaban J connectivity index is 2.27. The van der Waals surface area contributed by atoms with Gasteiger partial charge in [0.15, 0.2) is 0 Å². The molecule has 2 rings (SSSR count). The summed E-state index contributed by atoms with van der Waals surface area (Å²) in [5.74, 6) is 0.839. The van der Waals surface area contributed by atoms with Crippen molar-refractivity contribution in [2.24, 2.45) is 0 Å². The van der Waals surface area contributed by atoms with Crippen molar-refractivity contribution in [2.75, 3.05) is 11.9 Å². The Hall–Kier alpha value is -1.000. The number of nitrogens with one attached hydrogen (secondary N) is 1. The maximum absolute atomic E-state index is 6.04. The fourth-order valence-corrected chi connectivity index (χ4v) is 2.28. The zero-order valence-electron chi connectivity index (χ0n) is 10.2. The summed E-state index contributed by atoms with van der Waals surface area (Å²) in [4.78, 5) is 4.32. The summed E-state index contributed by atoms with van der Waals surface area (Å²) in [7, 11) is 0. The predicted octanol–water partition coefficient (Wildman–Crippen LogP) is 4.50. The van der Waals surface area contributed by atoms with E-state index in [0.29, 0.717) is 5.02 Å². The number of anilines is 1. The molecule has 96 valence electrons. The molecule has 3 nitrogen and oxygen atoms in total.